The van der Waals surface area contributed by atoms with Crippen LogP contribution in [0.3, 0.4) is 0 Å². The first-order chi connectivity index (χ1) is 15.1. The predicted octanol–water partition coefficient (Wildman–Crippen LogP) is 1.72. The minimum atomic E-state index is -0.361. The molecular weight excluding hydrogens is 394 g/mol. The number of piperidine rings is 1. The maximum absolute atomic E-state index is 13.4. The fraction of sp³-hybridized carbons (Fsp3) is 0.391. The van der Waals surface area contributed by atoms with E-state index < -0.39 is 0 Å². The number of carbonyl (C=O) groups excluding carboxylic acids is 2. The van der Waals surface area contributed by atoms with Crippen LogP contribution < -0.4 is 10.5 Å². The molecule has 0 aliphatic carbocycles. The summed E-state index contributed by atoms with van der Waals surface area (Å²) in [6, 6.07) is 13.1. The lowest BCUT2D eigenvalue weighted by atomic mass is 9.82. The predicted molar refractivity (Wildman–Crippen MR) is 115 cm³/mol. The summed E-state index contributed by atoms with van der Waals surface area (Å²) in [4.78, 5) is 41.9. The van der Waals surface area contributed by atoms with Crippen LogP contribution in [0.2, 0.25) is 0 Å². The number of amides is 2. The fourth-order valence-corrected chi connectivity index (χ4v) is 5.57. The van der Waals surface area contributed by atoms with Crippen molar-refractivity contribution in [1.29, 1.82) is 0 Å². The number of rotatable bonds is 2. The van der Waals surface area contributed by atoms with Crippen molar-refractivity contribution in [2.45, 2.75) is 25.3 Å². The molecule has 3 aliphatic heterocycles. The number of fused-ring (bicyclic) bond motifs is 5. The van der Waals surface area contributed by atoms with E-state index in [9.17, 15) is 14.4 Å². The van der Waals surface area contributed by atoms with Gasteiger partial charge in [0.2, 0.25) is 11.8 Å². The molecule has 6 rings (SSSR count). The van der Waals surface area contributed by atoms with Crippen molar-refractivity contribution in [1.82, 2.24) is 19.7 Å². The van der Waals surface area contributed by atoms with Gasteiger partial charge in [-0.05, 0) is 30.5 Å². The quantitative estimate of drug-likeness (QED) is 0.687. The summed E-state index contributed by atoms with van der Waals surface area (Å²) in [5.74, 6) is 0.661. The molecule has 2 amide bonds. The molecule has 8 heteroatoms. The van der Waals surface area contributed by atoms with Gasteiger partial charge in [-0.3, -0.25) is 24.4 Å². The van der Waals surface area contributed by atoms with Crippen LogP contribution in [0.25, 0.3) is 10.9 Å². The molecule has 3 aliphatic rings. The molecule has 5 heterocycles. The van der Waals surface area contributed by atoms with E-state index in [0.717, 1.165) is 23.0 Å². The topological polar surface area (TPSA) is 91.3 Å². The number of aromatic amines is 1. The summed E-state index contributed by atoms with van der Waals surface area (Å²) in [5.41, 5.74) is 1.93. The molecule has 0 spiro atoms. The molecular formula is C23H23N5O3. The zero-order valence-electron chi connectivity index (χ0n) is 17.0. The van der Waals surface area contributed by atoms with E-state index in [1.165, 1.54) is 0 Å². The second-order valence-electron chi connectivity index (χ2n) is 8.94. The summed E-state index contributed by atoms with van der Waals surface area (Å²) >= 11 is 0. The van der Waals surface area contributed by atoms with Crippen LogP contribution in [0.4, 0.5) is 5.82 Å². The lowest BCUT2D eigenvalue weighted by molar-refractivity contribution is -0.138. The normalized spacial score (nSPS) is 25.2. The molecule has 2 saturated heterocycles. The number of hydrogen-bond acceptors (Lipinski definition) is 4. The molecule has 2 aromatic heterocycles. The van der Waals surface area contributed by atoms with Crippen LogP contribution in [0, 0.1) is 11.8 Å². The Morgan fingerprint density at radius 1 is 1.00 bits per heavy atom. The van der Waals surface area contributed by atoms with Gasteiger partial charge < -0.3 is 9.47 Å². The first kappa shape index (κ1) is 18.4. The number of para-hydroxylation sites is 1. The van der Waals surface area contributed by atoms with Gasteiger partial charge in [-0.15, -0.1) is 0 Å². The highest BCUT2D eigenvalue weighted by atomic mass is 16.2. The molecule has 3 atom stereocenters. The van der Waals surface area contributed by atoms with Gasteiger partial charge in [-0.2, -0.15) is 5.10 Å². The molecule has 2 fully saturated rings. The number of carbonyl (C=O) groups is 2. The molecule has 1 aromatic carbocycles. The Hall–Kier alpha value is -3.42. The average Bonchev–Trinajstić information content (AvgIpc) is 3.37. The van der Waals surface area contributed by atoms with Crippen LogP contribution in [0.1, 0.15) is 24.5 Å². The monoisotopic (exact) mass is 417 g/mol. The van der Waals surface area contributed by atoms with E-state index in [-0.39, 0.29) is 41.5 Å². The summed E-state index contributed by atoms with van der Waals surface area (Å²) in [5, 5.41) is 8.19. The lowest BCUT2D eigenvalue weighted by Gasteiger charge is -2.43. The van der Waals surface area contributed by atoms with Gasteiger partial charge in [0, 0.05) is 55.7 Å². The second-order valence-corrected chi connectivity index (χ2v) is 8.94. The SMILES string of the molecule is O=C([C@@H]1CC(=O)N(c2n[nH]c3ccccc23)C1)N1C[C@@H]2C[C@H](C1)c1cccc(=O)n1C2. The zero-order chi connectivity index (χ0) is 21.1. The van der Waals surface area contributed by atoms with E-state index in [1.54, 1.807) is 17.0 Å². The van der Waals surface area contributed by atoms with Crippen LogP contribution in [-0.2, 0) is 16.1 Å². The summed E-state index contributed by atoms with van der Waals surface area (Å²) in [6.45, 7) is 2.26. The van der Waals surface area contributed by atoms with Crippen molar-refractivity contribution in [3.63, 3.8) is 0 Å². The van der Waals surface area contributed by atoms with E-state index in [0.29, 0.717) is 32.0 Å². The third-order valence-corrected chi connectivity index (χ3v) is 6.97. The van der Waals surface area contributed by atoms with E-state index in [4.69, 9.17) is 0 Å². The third-order valence-electron chi connectivity index (χ3n) is 6.97. The number of hydrogen-bond donors (Lipinski definition) is 1. The van der Waals surface area contributed by atoms with Gasteiger partial charge in [0.05, 0.1) is 11.4 Å². The van der Waals surface area contributed by atoms with E-state index in [2.05, 4.69) is 10.2 Å². The summed E-state index contributed by atoms with van der Waals surface area (Å²) in [7, 11) is 0. The van der Waals surface area contributed by atoms with Crippen molar-refractivity contribution >= 4 is 28.5 Å². The molecule has 3 aromatic rings. The van der Waals surface area contributed by atoms with Gasteiger partial charge in [0.15, 0.2) is 5.82 Å². The molecule has 31 heavy (non-hydrogen) atoms. The number of aromatic nitrogens is 3. The fourth-order valence-electron chi connectivity index (χ4n) is 5.57. The van der Waals surface area contributed by atoms with Crippen LogP contribution in [-0.4, -0.2) is 51.1 Å². The van der Waals surface area contributed by atoms with Crippen LogP contribution in [0.5, 0.6) is 0 Å². The number of nitrogens with one attached hydrogen (secondary N) is 1. The summed E-state index contributed by atoms with van der Waals surface area (Å²) in [6.07, 6.45) is 1.21. The van der Waals surface area contributed by atoms with E-state index >= 15 is 0 Å². The molecule has 8 nitrogen and oxygen atoms in total. The van der Waals surface area contributed by atoms with Crippen molar-refractivity contribution in [3.8, 4) is 0 Å². The molecule has 1 N–H and O–H groups in total. The molecule has 158 valence electrons. The smallest absolute Gasteiger partial charge is 0.250 e. The molecule has 2 bridgehead atoms. The van der Waals surface area contributed by atoms with Crippen molar-refractivity contribution < 1.29 is 9.59 Å². The minimum Gasteiger partial charge on any atom is -0.341 e. The molecule has 0 radical (unpaired) electrons. The number of likely N-dealkylation sites (tertiary alicyclic amines) is 1. The first-order valence-corrected chi connectivity index (χ1v) is 10.8. The largest absolute Gasteiger partial charge is 0.341 e. The van der Waals surface area contributed by atoms with Gasteiger partial charge in [0.1, 0.15) is 0 Å². The summed E-state index contributed by atoms with van der Waals surface area (Å²) < 4.78 is 1.87. The number of nitrogens with zero attached hydrogens (tertiary/aromatic N) is 4. The number of pyridine rings is 1. The van der Waals surface area contributed by atoms with Gasteiger partial charge in [-0.1, -0.05) is 18.2 Å². The van der Waals surface area contributed by atoms with E-state index in [1.807, 2.05) is 39.8 Å². The molecule has 0 unspecified atom stereocenters. The third kappa shape index (κ3) is 2.89. The maximum atomic E-state index is 13.4. The van der Waals surface area contributed by atoms with Crippen molar-refractivity contribution in [3.05, 3.63) is 58.5 Å². The average molecular weight is 417 g/mol. The Morgan fingerprint density at radius 3 is 2.77 bits per heavy atom. The van der Waals surface area contributed by atoms with Gasteiger partial charge >= 0.3 is 0 Å². The standard InChI is InChI=1S/C23H23N5O3/c29-20-7-3-6-19-15-8-14(11-27(19)20)10-26(12-15)23(31)16-9-21(30)28(13-16)22-17-4-1-2-5-18(17)24-25-22/h1-7,14-16H,8-13H2,(H,24,25)/t14-,15+,16+/m0/s1. The van der Waals surface area contributed by atoms with Gasteiger partial charge in [-0.25, -0.2) is 0 Å². The Balaban J connectivity index is 1.22. The Labute approximate surface area is 178 Å². The number of benzene rings is 1. The highest BCUT2D eigenvalue weighted by molar-refractivity contribution is 6.05. The second kappa shape index (κ2) is 6.80. The Bertz CT molecular complexity index is 1260. The van der Waals surface area contributed by atoms with Gasteiger partial charge in [0.25, 0.3) is 5.56 Å². The van der Waals surface area contributed by atoms with Crippen LogP contribution >= 0.6 is 0 Å². The Kier molecular flexibility index (Phi) is 4.03. The number of anilines is 1. The minimum absolute atomic E-state index is 0.0373. The Morgan fingerprint density at radius 2 is 1.87 bits per heavy atom. The van der Waals surface area contributed by atoms with Crippen LogP contribution in [0.15, 0.2) is 47.3 Å². The van der Waals surface area contributed by atoms with Crippen molar-refractivity contribution in [2.75, 3.05) is 24.5 Å². The van der Waals surface area contributed by atoms with Crippen molar-refractivity contribution in [2.24, 2.45) is 11.8 Å². The number of H-pyrrole nitrogens is 1. The molecule has 0 saturated carbocycles. The first-order valence-electron chi connectivity index (χ1n) is 10.8. The zero-order valence-corrected chi connectivity index (χ0v) is 17.0. The maximum Gasteiger partial charge on any atom is 0.250 e. The highest BCUT2D eigenvalue weighted by Crippen LogP contribution is 2.37. The highest BCUT2D eigenvalue weighted by Gasteiger charge is 2.42. The lowest BCUT2D eigenvalue weighted by Crippen LogP contribution is -2.50.